The van der Waals surface area contributed by atoms with Crippen molar-refractivity contribution in [2.75, 3.05) is 18.0 Å². The maximum atomic E-state index is 13.3. The Bertz CT molecular complexity index is 778. The van der Waals surface area contributed by atoms with Gasteiger partial charge in [0.1, 0.15) is 11.9 Å². The molecule has 124 valence electrons. The molecular weight excluding hydrogens is 311 g/mol. The Morgan fingerprint density at radius 3 is 2.83 bits per heavy atom. The van der Waals surface area contributed by atoms with Gasteiger partial charge in [-0.15, -0.1) is 0 Å². The maximum absolute atomic E-state index is 13.3. The van der Waals surface area contributed by atoms with Crippen molar-refractivity contribution in [3.63, 3.8) is 0 Å². The van der Waals surface area contributed by atoms with Crippen LogP contribution in [-0.2, 0) is 4.74 Å². The zero-order valence-corrected chi connectivity index (χ0v) is 13.2. The van der Waals surface area contributed by atoms with E-state index < -0.39 is 18.0 Å². The van der Waals surface area contributed by atoms with E-state index in [1.807, 2.05) is 19.1 Å². The quantitative estimate of drug-likeness (QED) is 0.939. The lowest BCUT2D eigenvalue weighted by atomic mass is 10.1. The molecule has 1 N–H and O–H groups in total. The van der Waals surface area contributed by atoms with Crippen molar-refractivity contribution in [1.82, 2.24) is 5.32 Å². The van der Waals surface area contributed by atoms with Crippen LogP contribution in [0, 0.1) is 12.7 Å². The first kappa shape index (κ1) is 16.0. The van der Waals surface area contributed by atoms with Crippen molar-refractivity contribution in [3.05, 3.63) is 65.5 Å². The lowest BCUT2D eigenvalue weighted by Gasteiger charge is -2.13. The third kappa shape index (κ3) is 3.37. The van der Waals surface area contributed by atoms with Crippen LogP contribution in [-0.4, -0.2) is 31.2 Å². The minimum absolute atomic E-state index is 0.199. The van der Waals surface area contributed by atoms with Crippen molar-refractivity contribution in [1.29, 1.82) is 0 Å². The third-order valence-electron chi connectivity index (χ3n) is 3.87. The van der Waals surface area contributed by atoms with Gasteiger partial charge in [-0.3, -0.25) is 9.69 Å². The van der Waals surface area contributed by atoms with Crippen LogP contribution in [0.3, 0.4) is 0 Å². The maximum Gasteiger partial charge on any atom is 0.414 e. The van der Waals surface area contributed by atoms with Gasteiger partial charge in [0.25, 0.3) is 5.91 Å². The summed E-state index contributed by atoms with van der Waals surface area (Å²) < 4.78 is 18.5. The fourth-order valence-electron chi connectivity index (χ4n) is 2.61. The van der Waals surface area contributed by atoms with E-state index in [1.165, 1.54) is 23.1 Å². The monoisotopic (exact) mass is 328 g/mol. The van der Waals surface area contributed by atoms with E-state index in [0.717, 1.165) is 5.56 Å². The highest BCUT2D eigenvalue weighted by molar-refractivity contribution is 5.95. The SMILES string of the molecule is Cc1ccccc1C(=O)NCC1CN(c2cccc(F)c2)C(=O)O1. The van der Waals surface area contributed by atoms with Crippen LogP contribution in [0.4, 0.5) is 14.9 Å². The van der Waals surface area contributed by atoms with Crippen LogP contribution in [0.2, 0.25) is 0 Å². The lowest BCUT2D eigenvalue weighted by molar-refractivity contribution is 0.0915. The van der Waals surface area contributed by atoms with Gasteiger partial charge in [-0.1, -0.05) is 24.3 Å². The van der Waals surface area contributed by atoms with Crippen LogP contribution in [0.5, 0.6) is 0 Å². The van der Waals surface area contributed by atoms with Crippen molar-refractivity contribution in [2.24, 2.45) is 0 Å². The number of rotatable bonds is 4. The normalized spacial score (nSPS) is 16.8. The standard InChI is InChI=1S/C18H17FN2O3/c1-12-5-2-3-8-16(12)17(22)20-10-15-11-21(18(23)24-15)14-7-4-6-13(19)9-14/h2-9,15H,10-11H2,1H3,(H,20,22). The molecule has 1 fully saturated rings. The number of nitrogens with zero attached hydrogens (tertiary/aromatic N) is 1. The van der Waals surface area contributed by atoms with Gasteiger partial charge in [0.15, 0.2) is 0 Å². The first-order valence-electron chi connectivity index (χ1n) is 7.62. The molecule has 0 saturated carbocycles. The minimum Gasteiger partial charge on any atom is -0.442 e. The lowest BCUT2D eigenvalue weighted by Crippen LogP contribution is -2.34. The van der Waals surface area contributed by atoms with E-state index in [9.17, 15) is 14.0 Å². The van der Waals surface area contributed by atoms with Gasteiger partial charge in [0.05, 0.1) is 18.8 Å². The van der Waals surface area contributed by atoms with Crippen molar-refractivity contribution in [3.8, 4) is 0 Å². The topological polar surface area (TPSA) is 58.6 Å². The minimum atomic E-state index is -0.546. The van der Waals surface area contributed by atoms with Crippen LogP contribution in [0.25, 0.3) is 0 Å². The van der Waals surface area contributed by atoms with E-state index in [1.54, 1.807) is 18.2 Å². The van der Waals surface area contributed by atoms with Crippen molar-refractivity contribution in [2.45, 2.75) is 13.0 Å². The summed E-state index contributed by atoms with van der Waals surface area (Å²) in [5.74, 6) is -0.634. The Labute approximate surface area is 139 Å². The van der Waals surface area contributed by atoms with Gasteiger partial charge in [0.2, 0.25) is 0 Å². The Balaban J connectivity index is 1.61. The number of amides is 2. The number of aryl methyl sites for hydroxylation is 1. The zero-order chi connectivity index (χ0) is 17.1. The van der Waals surface area contributed by atoms with Crippen LogP contribution in [0.1, 0.15) is 15.9 Å². The fourth-order valence-corrected chi connectivity index (χ4v) is 2.61. The van der Waals surface area contributed by atoms with Crippen LogP contribution < -0.4 is 10.2 Å². The molecule has 3 rings (SSSR count). The molecule has 0 radical (unpaired) electrons. The van der Waals surface area contributed by atoms with Crippen molar-refractivity contribution < 1.29 is 18.7 Å². The second kappa shape index (κ2) is 6.70. The summed E-state index contributed by atoms with van der Waals surface area (Å²) in [5.41, 5.74) is 1.90. The van der Waals surface area contributed by atoms with E-state index >= 15 is 0 Å². The summed E-state index contributed by atoms with van der Waals surface area (Å²) in [4.78, 5) is 25.5. The molecule has 1 heterocycles. The number of hydrogen-bond acceptors (Lipinski definition) is 3. The average molecular weight is 328 g/mol. The van der Waals surface area contributed by atoms with Gasteiger partial charge in [-0.2, -0.15) is 0 Å². The second-order valence-electron chi connectivity index (χ2n) is 5.62. The number of nitrogens with one attached hydrogen (secondary N) is 1. The summed E-state index contributed by atoms with van der Waals surface area (Å²) in [6, 6.07) is 13.0. The number of hydrogen-bond donors (Lipinski definition) is 1. The molecule has 2 amide bonds. The average Bonchev–Trinajstić information content (AvgIpc) is 2.94. The number of carbonyl (C=O) groups excluding carboxylic acids is 2. The highest BCUT2D eigenvalue weighted by Gasteiger charge is 2.32. The van der Waals surface area contributed by atoms with Gasteiger partial charge >= 0.3 is 6.09 Å². The summed E-state index contributed by atoms with van der Waals surface area (Å²) in [7, 11) is 0. The molecule has 2 aromatic carbocycles. The smallest absolute Gasteiger partial charge is 0.414 e. The summed E-state index contributed by atoms with van der Waals surface area (Å²) in [5, 5.41) is 2.77. The molecular formula is C18H17FN2O3. The number of carbonyl (C=O) groups is 2. The molecule has 6 heteroatoms. The van der Waals surface area contributed by atoms with Crippen molar-refractivity contribution >= 4 is 17.7 Å². The molecule has 0 bridgehead atoms. The summed E-state index contributed by atoms with van der Waals surface area (Å²) in [6.45, 7) is 2.32. The number of halogens is 1. The molecule has 1 aliphatic heterocycles. The van der Waals surface area contributed by atoms with Gasteiger partial charge in [0, 0.05) is 5.56 Å². The predicted octanol–water partition coefficient (Wildman–Crippen LogP) is 2.89. The summed E-state index contributed by atoms with van der Waals surface area (Å²) in [6.07, 6.45) is -1.02. The van der Waals surface area contributed by atoms with E-state index in [0.29, 0.717) is 11.3 Å². The van der Waals surface area contributed by atoms with Crippen LogP contribution in [0.15, 0.2) is 48.5 Å². The second-order valence-corrected chi connectivity index (χ2v) is 5.62. The molecule has 24 heavy (non-hydrogen) atoms. The van der Waals surface area contributed by atoms with Gasteiger partial charge < -0.3 is 10.1 Å². The Hall–Kier alpha value is -2.89. The first-order valence-corrected chi connectivity index (χ1v) is 7.62. The predicted molar refractivity (Wildman–Crippen MR) is 87.5 cm³/mol. The largest absolute Gasteiger partial charge is 0.442 e. The molecule has 2 aromatic rings. The molecule has 0 aliphatic carbocycles. The fraction of sp³-hybridized carbons (Fsp3) is 0.222. The van der Waals surface area contributed by atoms with E-state index in [2.05, 4.69) is 5.32 Å². The number of anilines is 1. The Kier molecular flexibility index (Phi) is 4.46. The number of cyclic esters (lactones) is 1. The number of benzene rings is 2. The first-order chi connectivity index (χ1) is 11.5. The van der Waals surface area contributed by atoms with E-state index in [4.69, 9.17) is 4.74 Å². The zero-order valence-electron chi connectivity index (χ0n) is 13.2. The molecule has 0 aromatic heterocycles. The molecule has 0 spiro atoms. The molecule has 1 atom stereocenters. The highest BCUT2D eigenvalue weighted by Crippen LogP contribution is 2.22. The van der Waals surface area contributed by atoms with Crippen LogP contribution >= 0.6 is 0 Å². The molecule has 1 aliphatic rings. The molecule has 5 nitrogen and oxygen atoms in total. The third-order valence-corrected chi connectivity index (χ3v) is 3.87. The van der Waals surface area contributed by atoms with Gasteiger partial charge in [-0.05, 0) is 36.8 Å². The molecule has 1 saturated heterocycles. The Morgan fingerprint density at radius 1 is 1.29 bits per heavy atom. The highest BCUT2D eigenvalue weighted by atomic mass is 19.1. The Morgan fingerprint density at radius 2 is 2.08 bits per heavy atom. The van der Waals surface area contributed by atoms with E-state index in [-0.39, 0.29) is 19.0 Å². The molecule has 1 unspecified atom stereocenters. The summed E-state index contributed by atoms with van der Waals surface area (Å²) >= 11 is 0. The van der Waals surface area contributed by atoms with Gasteiger partial charge in [-0.25, -0.2) is 9.18 Å². The number of ether oxygens (including phenoxy) is 1.